The third-order valence-corrected chi connectivity index (χ3v) is 11.8. The number of aliphatic hydroxyl groups excluding tert-OH is 1. The Labute approximate surface area is 407 Å². The van der Waals surface area contributed by atoms with Crippen LogP contribution >= 0.6 is 0 Å². The van der Waals surface area contributed by atoms with Crippen LogP contribution in [-0.4, -0.2) is 158 Å². The number of nitrogens with two attached hydrogens (primary N) is 2. The van der Waals surface area contributed by atoms with Crippen LogP contribution in [0.5, 0.6) is 5.75 Å². The summed E-state index contributed by atoms with van der Waals surface area (Å²) >= 11 is 0. The van der Waals surface area contributed by atoms with Crippen LogP contribution in [0.2, 0.25) is 0 Å². The summed E-state index contributed by atoms with van der Waals surface area (Å²) in [6.45, 7) is 11.2. The number of phenolic OH excluding ortho intramolecular Hbond substituents is 1. The molecule has 0 spiro atoms. The smallest absolute Gasteiger partial charge is 0.326 e. The molecule has 1 aliphatic heterocycles. The topological polar surface area (TPSA) is 391 Å². The molecule has 0 aliphatic carbocycles. The molecular formula is C46H74N10O14. The first-order valence-electron chi connectivity index (χ1n) is 23.6. The summed E-state index contributed by atoms with van der Waals surface area (Å²) in [5.74, 6) is -10.3. The van der Waals surface area contributed by atoms with Gasteiger partial charge < -0.3 is 74.0 Å². The number of unbranched alkanes of at least 4 members (excludes halogenated alkanes) is 1. The zero-order valence-corrected chi connectivity index (χ0v) is 41.0. The molecule has 1 aromatic rings. The van der Waals surface area contributed by atoms with Gasteiger partial charge in [-0.25, -0.2) is 4.79 Å². The van der Waals surface area contributed by atoms with Gasteiger partial charge in [-0.15, -0.1) is 0 Å². The van der Waals surface area contributed by atoms with E-state index in [1.165, 1.54) is 49.9 Å². The molecule has 1 saturated heterocycles. The molecule has 15 N–H and O–H groups in total. The van der Waals surface area contributed by atoms with Crippen LogP contribution in [0.25, 0.3) is 0 Å². The highest BCUT2D eigenvalue weighted by Crippen LogP contribution is 2.22. The number of carboxylic acids is 2. The van der Waals surface area contributed by atoms with Crippen molar-refractivity contribution in [2.24, 2.45) is 23.3 Å². The molecule has 392 valence electrons. The fourth-order valence-electron chi connectivity index (χ4n) is 7.52. The number of nitrogens with one attached hydrogen (secondary N) is 7. The average molecular weight is 991 g/mol. The fraction of sp³-hybridized carbons (Fsp3) is 0.652. The highest BCUT2D eigenvalue weighted by atomic mass is 16.4. The Balaban J connectivity index is 2.36. The molecule has 1 aromatic carbocycles. The van der Waals surface area contributed by atoms with Crippen molar-refractivity contribution in [3.8, 4) is 5.75 Å². The number of carbonyl (C=O) groups is 10. The normalized spacial score (nSPS) is 17.7. The summed E-state index contributed by atoms with van der Waals surface area (Å²) in [6.07, 6.45) is -0.683. The summed E-state index contributed by atoms with van der Waals surface area (Å²) in [7, 11) is 0. The van der Waals surface area contributed by atoms with Gasteiger partial charge in [-0.3, -0.25) is 43.2 Å². The fourth-order valence-corrected chi connectivity index (χ4v) is 7.52. The molecule has 1 heterocycles. The highest BCUT2D eigenvalue weighted by Gasteiger charge is 2.41. The lowest BCUT2D eigenvalue weighted by Crippen LogP contribution is -2.61. The first-order chi connectivity index (χ1) is 32.8. The van der Waals surface area contributed by atoms with Crippen LogP contribution < -0.4 is 48.7 Å². The van der Waals surface area contributed by atoms with E-state index in [9.17, 15) is 68.4 Å². The molecule has 11 atom stereocenters. The summed E-state index contributed by atoms with van der Waals surface area (Å²) in [5.41, 5.74) is 11.6. The van der Waals surface area contributed by atoms with E-state index in [4.69, 9.17) is 11.5 Å². The summed E-state index contributed by atoms with van der Waals surface area (Å²) in [4.78, 5) is 134. The molecule has 70 heavy (non-hydrogen) atoms. The second kappa shape index (κ2) is 28.9. The highest BCUT2D eigenvalue weighted by molar-refractivity contribution is 5.99. The largest absolute Gasteiger partial charge is 0.508 e. The first-order valence-corrected chi connectivity index (χ1v) is 23.6. The molecule has 0 aromatic heterocycles. The van der Waals surface area contributed by atoms with Gasteiger partial charge in [-0.1, -0.05) is 46.2 Å². The number of likely N-dealkylation sites (tertiary alicyclic amines) is 1. The van der Waals surface area contributed by atoms with Crippen LogP contribution in [0.3, 0.4) is 0 Å². The lowest BCUT2D eigenvalue weighted by Gasteiger charge is -2.31. The Bertz CT molecular complexity index is 1980. The minimum atomic E-state index is -1.71. The SMILES string of the molecule is CC[C@H](C)[C@H](NC(=O)[C@H](C)N)C(=O)N[C@@H](CC(=O)O)C(=O)N[C@@H](C)C(=O)N[C@@H](Cc1ccc(O)cc1)C(=O)N1CCC[C@H]1C(=O)N[C@@H](CC(C)C)C(=O)N[C@H](C(=O)N[C@@H](CCCCN)C(=O)O)[C@@H](C)O. The van der Waals surface area contributed by atoms with Crippen molar-refractivity contribution >= 4 is 59.2 Å². The van der Waals surface area contributed by atoms with E-state index in [1.54, 1.807) is 27.7 Å². The molecule has 1 aliphatic rings. The maximum absolute atomic E-state index is 14.5. The van der Waals surface area contributed by atoms with Crippen LogP contribution in [0.4, 0.5) is 0 Å². The van der Waals surface area contributed by atoms with Gasteiger partial charge >= 0.3 is 11.9 Å². The molecule has 0 bridgehead atoms. The van der Waals surface area contributed by atoms with Gasteiger partial charge in [-0.2, -0.15) is 0 Å². The van der Waals surface area contributed by atoms with E-state index in [-0.39, 0.29) is 43.9 Å². The second-order valence-electron chi connectivity index (χ2n) is 18.3. The zero-order chi connectivity index (χ0) is 53.0. The van der Waals surface area contributed by atoms with Crippen molar-refractivity contribution in [3.05, 3.63) is 29.8 Å². The summed E-state index contributed by atoms with van der Waals surface area (Å²) in [6, 6.07) is -6.38. The van der Waals surface area contributed by atoms with Crippen molar-refractivity contribution in [1.29, 1.82) is 0 Å². The van der Waals surface area contributed by atoms with Crippen LogP contribution in [-0.2, 0) is 54.4 Å². The number of aliphatic carboxylic acids is 2. The minimum Gasteiger partial charge on any atom is -0.508 e. The van der Waals surface area contributed by atoms with Crippen molar-refractivity contribution in [2.45, 2.75) is 167 Å². The van der Waals surface area contributed by atoms with Gasteiger partial charge in [0, 0.05) is 13.0 Å². The van der Waals surface area contributed by atoms with E-state index in [0.29, 0.717) is 37.8 Å². The molecular weight excluding hydrogens is 917 g/mol. The third kappa shape index (κ3) is 19.2. The quantitative estimate of drug-likeness (QED) is 0.0381. The molecule has 24 nitrogen and oxygen atoms in total. The van der Waals surface area contributed by atoms with E-state index in [0.717, 1.165) is 0 Å². The number of hydrogen-bond acceptors (Lipinski definition) is 14. The number of phenols is 1. The van der Waals surface area contributed by atoms with Gasteiger partial charge in [0.25, 0.3) is 0 Å². The van der Waals surface area contributed by atoms with Crippen LogP contribution in [0.15, 0.2) is 24.3 Å². The predicted molar refractivity (Wildman–Crippen MR) is 253 cm³/mol. The Morgan fingerprint density at radius 3 is 1.81 bits per heavy atom. The van der Waals surface area contributed by atoms with E-state index >= 15 is 0 Å². The standard InChI is InChI=1S/C46H74N10O14/c1-8-24(4)36(54-38(61)25(5)48)43(66)52-32(22-35(59)60)40(63)49-26(6)39(62)53-33(21-28-14-16-29(58)17-15-28)45(68)56-19-11-13-34(56)42(65)51-31(20-23(2)3)41(64)55-37(27(7)57)44(67)50-30(46(69)70)12-9-10-18-47/h14-17,23-27,30-34,36-37,57-58H,8-13,18-22,47-48H2,1-7H3,(H,49,63)(H,50,67)(H,51,65)(H,52,66)(H,53,62)(H,54,61)(H,55,64)(H,59,60)(H,69,70)/t24-,25-,26-,27+,30-,31-,32-,33-,34-,36-,37-/m0/s1. The second-order valence-corrected chi connectivity index (χ2v) is 18.3. The molecule has 0 radical (unpaired) electrons. The molecule has 1 fully saturated rings. The number of rotatable bonds is 29. The molecule has 0 unspecified atom stereocenters. The predicted octanol–water partition coefficient (Wildman–Crippen LogP) is -2.15. The molecule has 24 heteroatoms. The number of carboxylic acid groups (broad SMARTS) is 2. The van der Waals surface area contributed by atoms with Gasteiger partial charge in [-0.05, 0) is 95.4 Å². The first kappa shape index (κ1) is 59.7. The number of benzene rings is 1. The summed E-state index contributed by atoms with van der Waals surface area (Å²) in [5, 5.41) is 57.0. The maximum Gasteiger partial charge on any atom is 0.326 e. The van der Waals surface area contributed by atoms with Crippen molar-refractivity contribution in [3.63, 3.8) is 0 Å². The summed E-state index contributed by atoms with van der Waals surface area (Å²) < 4.78 is 0. The number of aromatic hydroxyl groups is 1. The van der Waals surface area contributed by atoms with Crippen LogP contribution in [0, 0.1) is 11.8 Å². The Kier molecular flexibility index (Phi) is 24.7. The minimum absolute atomic E-state index is 0.0469. The third-order valence-electron chi connectivity index (χ3n) is 11.8. The lowest BCUT2D eigenvalue weighted by molar-refractivity contribution is -0.144. The molecule has 8 amide bonds. The van der Waals surface area contributed by atoms with Gasteiger partial charge in [0.15, 0.2) is 0 Å². The number of carbonyl (C=O) groups excluding carboxylic acids is 8. The number of aliphatic hydroxyl groups is 1. The van der Waals surface area contributed by atoms with Crippen molar-refractivity contribution in [2.75, 3.05) is 13.1 Å². The lowest BCUT2D eigenvalue weighted by atomic mass is 9.97. The molecule has 2 rings (SSSR count). The maximum atomic E-state index is 14.5. The van der Waals surface area contributed by atoms with Gasteiger partial charge in [0.2, 0.25) is 47.3 Å². The number of hydrogen-bond donors (Lipinski definition) is 13. The van der Waals surface area contributed by atoms with E-state index < -0.39 is 132 Å². The van der Waals surface area contributed by atoms with Gasteiger partial charge in [0.05, 0.1) is 18.6 Å². The van der Waals surface area contributed by atoms with Gasteiger partial charge in [0.1, 0.15) is 54.1 Å². The Morgan fingerprint density at radius 2 is 1.27 bits per heavy atom. The monoisotopic (exact) mass is 991 g/mol. The average Bonchev–Trinajstić information content (AvgIpc) is 3.78. The molecule has 0 saturated carbocycles. The Morgan fingerprint density at radius 1 is 0.700 bits per heavy atom. The zero-order valence-electron chi connectivity index (χ0n) is 41.0. The number of amides is 8. The van der Waals surface area contributed by atoms with E-state index in [2.05, 4.69) is 37.2 Å². The number of nitrogens with zero attached hydrogens (tertiary/aromatic N) is 1. The van der Waals surface area contributed by atoms with Crippen LogP contribution in [0.1, 0.15) is 105 Å². The Hall–Kier alpha value is -6.40. The van der Waals surface area contributed by atoms with Crippen molar-refractivity contribution in [1.82, 2.24) is 42.1 Å². The van der Waals surface area contributed by atoms with Crippen molar-refractivity contribution < 1.29 is 68.4 Å². The van der Waals surface area contributed by atoms with E-state index in [1.807, 2.05) is 0 Å².